The molecule has 0 unspecified atom stereocenters. The summed E-state index contributed by atoms with van der Waals surface area (Å²) in [5.74, 6) is -0.652. The summed E-state index contributed by atoms with van der Waals surface area (Å²) in [6, 6.07) is 6.01. The van der Waals surface area contributed by atoms with Crippen LogP contribution in [0.3, 0.4) is 0 Å². The fourth-order valence-electron chi connectivity index (χ4n) is 1.75. The van der Waals surface area contributed by atoms with Crippen molar-refractivity contribution in [2.45, 2.75) is 9.92 Å². The number of aromatic carboxylic acids is 1. The molecule has 9 nitrogen and oxygen atoms in total. The molecule has 0 aliphatic heterocycles. The SMILES string of the molecule is O=C(O)c1cc(Sc2csc(Nc3ccc([N+](=O)[O-])cn3)n2)ccn1. The number of aromatic nitrogens is 3. The van der Waals surface area contributed by atoms with E-state index in [-0.39, 0.29) is 11.4 Å². The minimum Gasteiger partial charge on any atom is -0.477 e. The Labute approximate surface area is 148 Å². The van der Waals surface area contributed by atoms with Crippen molar-refractivity contribution in [1.29, 1.82) is 0 Å². The lowest BCUT2D eigenvalue weighted by Gasteiger charge is -2.01. The van der Waals surface area contributed by atoms with Gasteiger partial charge in [0.25, 0.3) is 5.69 Å². The summed E-state index contributed by atoms with van der Waals surface area (Å²) in [4.78, 5) is 33.8. The Balaban J connectivity index is 1.69. The number of pyridine rings is 2. The molecule has 126 valence electrons. The van der Waals surface area contributed by atoms with Crippen LogP contribution < -0.4 is 5.32 Å². The summed E-state index contributed by atoms with van der Waals surface area (Å²) >= 11 is 2.64. The molecule has 0 radical (unpaired) electrons. The van der Waals surface area contributed by atoms with Crippen LogP contribution in [0.5, 0.6) is 0 Å². The molecule has 25 heavy (non-hydrogen) atoms. The highest BCUT2D eigenvalue weighted by atomic mass is 32.2. The maximum absolute atomic E-state index is 10.9. The number of carbonyl (C=O) groups is 1. The molecule has 0 aliphatic rings. The topological polar surface area (TPSA) is 131 Å². The second-order valence-corrected chi connectivity index (χ2v) is 6.51. The lowest BCUT2D eigenvalue weighted by atomic mass is 10.4. The fourth-order valence-corrected chi connectivity index (χ4v) is 3.41. The molecule has 0 saturated heterocycles. The predicted octanol–water partition coefficient (Wildman–Crippen LogP) is 3.43. The molecule has 3 rings (SSSR count). The Hall–Kier alpha value is -3.05. The van der Waals surface area contributed by atoms with Crippen LogP contribution in [-0.2, 0) is 0 Å². The van der Waals surface area contributed by atoms with E-state index in [2.05, 4.69) is 20.3 Å². The number of carboxylic acids is 1. The summed E-state index contributed by atoms with van der Waals surface area (Å²) in [6.45, 7) is 0. The minimum absolute atomic E-state index is 0.0337. The number of anilines is 2. The average molecular weight is 375 g/mol. The van der Waals surface area contributed by atoms with E-state index in [1.165, 1.54) is 47.5 Å². The first-order valence-electron chi connectivity index (χ1n) is 6.71. The van der Waals surface area contributed by atoms with Crippen molar-refractivity contribution < 1.29 is 14.8 Å². The summed E-state index contributed by atoms with van der Waals surface area (Å²) < 4.78 is 0. The van der Waals surface area contributed by atoms with Gasteiger partial charge in [-0.25, -0.2) is 19.7 Å². The highest BCUT2D eigenvalue weighted by Gasteiger charge is 2.10. The Kier molecular flexibility index (Phi) is 4.86. The van der Waals surface area contributed by atoms with Crippen LogP contribution >= 0.6 is 23.1 Å². The van der Waals surface area contributed by atoms with Gasteiger partial charge in [-0.2, -0.15) is 0 Å². The predicted molar refractivity (Wildman–Crippen MR) is 91.6 cm³/mol. The first-order chi connectivity index (χ1) is 12.0. The summed E-state index contributed by atoms with van der Waals surface area (Å²) in [7, 11) is 0. The van der Waals surface area contributed by atoms with E-state index in [4.69, 9.17) is 5.11 Å². The van der Waals surface area contributed by atoms with Crippen LogP contribution in [-0.4, -0.2) is 31.0 Å². The smallest absolute Gasteiger partial charge is 0.354 e. The standard InChI is InChI=1S/C14H9N5O4S2/c20-13(21)10-5-9(3-4-15-10)25-12-7-24-14(18-12)17-11-2-1-8(6-16-11)19(22)23/h1-7H,(H,20,21)(H,16,17,18). The van der Waals surface area contributed by atoms with E-state index < -0.39 is 10.9 Å². The number of carboxylic acid groups (broad SMARTS) is 1. The Morgan fingerprint density at radius 1 is 1.32 bits per heavy atom. The van der Waals surface area contributed by atoms with E-state index in [1.54, 1.807) is 11.4 Å². The van der Waals surface area contributed by atoms with Crippen LogP contribution in [0, 0.1) is 10.1 Å². The first-order valence-corrected chi connectivity index (χ1v) is 8.41. The maximum atomic E-state index is 10.9. The maximum Gasteiger partial charge on any atom is 0.354 e. The Bertz CT molecular complexity index is 929. The summed E-state index contributed by atoms with van der Waals surface area (Å²) in [6.07, 6.45) is 2.59. The van der Waals surface area contributed by atoms with Crippen molar-refractivity contribution in [1.82, 2.24) is 15.0 Å². The van der Waals surface area contributed by atoms with Crippen molar-refractivity contribution in [2.75, 3.05) is 5.32 Å². The number of nitrogens with zero attached hydrogens (tertiary/aromatic N) is 4. The molecule has 2 N–H and O–H groups in total. The van der Waals surface area contributed by atoms with Gasteiger partial charge in [0.1, 0.15) is 22.7 Å². The number of nitrogens with one attached hydrogen (secondary N) is 1. The number of nitro groups is 1. The van der Waals surface area contributed by atoms with Crippen LogP contribution in [0.15, 0.2) is 52.0 Å². The van der Waals surface area contributed by atoms with Gasteiger partial charge in [-0.3, -0.25) is 10.1 Å². The van der Waals surface area contributed by atoms with Crippen molar-refractivity contribution >= 4 is 45.7 Å². The second-order valence-electron chi connectivity index (χ2n) is 4.56. The first kappa shape index (κ1) is 16.8. The van der Waals surface area contributed by atoms with E-state index in [0.717, 1.165) is 6.20 Å². The van der Waals surface area contributed by atoms with Crippen molar-refractivity contribution in [2.24, 2.45) is 0 Å². The zero-order chi connectivity index (χ0) is 17.8. The van der Waals surface area contributed by atoms with Crippen molar-refractivity contribution in [3.8, 4) is 0 Å². The number of hydrogen-bond acceptors (Lipinski definition) is 9. The average Bonchev–Trinajstić information content (AvgIpc) is 3.02. The monoisotopic (exact) mass is 375 g/mol. The van der Waals surface area contributed by atoms with Crippen molar-refractivity contribution in [3.63, 3.8) is 0 Å². The van der Waals surface area contributed by atoms with Gasteiger partial charge in [0.2, 0.25) is 0 Å². The summed E-state index contributed by atoms with van der Waals surface area (Å²) in [5.41, 5.74) is -0.124. The quantitative estimate of drug-likeness (QED) is 0.491. The van der Waals surface area contributed by atoms with Gasteiger partial charge in [0.05, 0.1) is 4.92 Å². The van der Waals surface area contributed by atoms with Gasteiger partial charge in [0.15, 0.2) is 5.13 Å². The number of hydrogen-bond donors (Lipinski definition) is 2. The Morgan fingerprint density at radius 3 is 2.84 bits per heavy atom. The van der Waals surface area contributed by atoms with Crippen LogP contribution in [0.2, 0.25) is 0 Å². The molecule has 0 atom stereocenters. The lowest BCUT2D eigenvalue weighted by Crippen LogP contribution is -1.99. The minimum atomic E-state index is -1.09. The highest BCUT2D eigenvalue weighted by Crippen LogP contribution is 2.31. The van der Waals surface area contributed by atoms with Crippen LogP contribution in [0.1, 0.15) is 10.5 Å². The number of thiazole rings is 1. The lowest BCUT2D eigenvalue weighted by molar-refractivity contribution is -0.385. The molecule has 0 amide bonds. The molecule has 0 aliphatic carbocycles. The zero-order valence-electron chi connectivity index (χ0n) is 12.3. The molecular weight excluding hydrogens is 366 g/mol. The largest absolute Gasteiger partial charge is 0.477 e. The Morgan fingerprint density at radius 2 is 2.16 bits per heavy atom. The molecular formula is C14H9N5O4S2. The fraction of sp³-hybridized carbons (Fsp3) is 0. The van der Waals surface area contributed by atoms with Gasteiger partial charge in [0, 0.05) is 22.5 Å². The van der Waals surface area contributed by atoms with Crippen molar-refractivity contribution in [3.05, 3.63) is 57.8 Å². The molecule has 0 fully saturated rings. The third-order valence-electron chi connectivity index (χ3n) is 2.85. The molecule has 0 aromatic carbocycles. The van der Waals surface area contributed by atoms with Crippen LogP contribution in [0.4, 0.5) is 16.6 Å². The van der Waals surface area contributed by atoms with E-state index in [0.29, 0.717) is 20.9 Å². The molecule has 0 saturated carbocycles. The second kappa shape index (κ2) is 7.23. The van der Waals surface area contributed by atoms with E-state index in [9.17, 15) is 14.9 Å². The van der Waals surface area contributed by atoms with Gasteiger partial charge < -0.3 is 10.4 Å². The van der Waals surface area contributed by atoms with E-state index in [1.807, 2.05) is 0 Å². The number of rotatable bonds is 6. The van der Waals surface area contributed by atoms with Gasteiger partial charge in [-0.15, -0.1) is 11.3 Å². The molecule has 0 spiro atoms. The molecule has 3 aromatic rings. The molecule has 0 bridgehead atoms. The van der Waals surface area contributed by atoms with Crippen LogP contribution in [0.25, 0.3) is 0 Å². The van der Waals surface area contributed by atoms with E-state index >= 15 is 0 Å². The zero-order valence-corrected chi connectivity index (χ0v) is 14.0. The highest BCUT2D eigenvalue weighted by molar-refractivity contribution is 7.99. The third kappa shape index (κ3) is 4.28. The van der Waals surface area contributed by atoms with Gasteiger partial charge in [-0.1, -0.05) is 11.8 Å². The third-order valence-corrected chi connectivity index (χ3v) is 4.66. The van der Waals surface area contributed by atoms with Gasteiger partial charge >= 0.3 is 5.97 Å². The normalized spacial score (nSPS) is 10.4. The molecule has 11 heteroatoms. The summed E-state index contributed by atoms with van der Waals surface area (Å²) in [5, 5.41) is 25.6. The van der Waals surface area contributed by atoms with Gasteiger partial charge in [-0.05, 0) is 18.2 Å². The molecule has 3 aromatic heterocycles. The molecule has 3 heterocycles.